The summed E-state index contributed by atoms with van der Waals surface area (Å²) in [5, 5.41) is 0.170. The van der Waals surface area contributed by atoms with Crippen molar-refractivity contribution in [2.45, 2.75) is 110 Å². The van der Waals surface area contributed by atoms with Crippen molar-refractivity contribution in [1.82, 2.24) is 0 Å². The van der Waals surface area contributed by atoms with Gasteiger partial charge in [0, 0.05) is 25.4 Å². The molecule has 5 heteroatoms. The number of hydrogen-bond donors (Lipinski definition) is 0. The molecule has 0 aromatic rings. The van der Waals surface area contributed by atoms with Crippen molar-refractivity contribution in [3.05, 3.63) is 12.2 Å². The van der Waals surface area contributed by atoms with Gasteiger partial charge in [-0.1, -0.05) is 46.6 Å². The molecule has 5 atom stereocenters. The molecule has 4 nitrogen and oxygen atoms in total. The Bertz CT molecular complexity index is 537. The van der Waals surface area contributed by atoms with Crippen LogP contribution < -0.4 is 0 Å². The quantitative estimate of drug-likeness (QED) is 0.257. The van der Waals surface area contributed by atoms with E-state index >= 15 is 0 Å². The fraction of sp³-hybridized carbons (Fsp3) is 0.870. The van der Waals surface area contributed by atoms with E-state index in [0.717, 1.165) is 32.1 Å². The highest BCUT2D eigenvalue weighted by Crippen LogP contribution is 2.48. The number of unbranched alkanes of at least 4 members (excludes halogenated alkanes) is 2. The lowest BCUT2D eigenvalue weighted by molar-refractivity contribution is -0.133. The van der Waals surface area contributed by atoms with Gasteiger partial charge in [0.1, 0.15) is 0 Å². The fourth-order valence-electron chi connectivity index (χ4n) is 4.12. The molecule has 0 radical (unpaired) electrons. The van der Waals surface area contributed by atoms with E-state index in [0.29, 0.717) is 18.9 Å². The Balaban J connectivity index is 2.10. The number of allylic oxidation sites excluding steroid dienone is 1. The maximum absolute atomic E-state index is 12.3. The monoisotopic (exact) mass is 410 g/mol. The average Bonchev–Trinajstić information content (AvgIpc) is 3.09. The van der Waals surface area contributed by atoms with E-state index in [4.69, 9.17) is 13.9 Å². The molecule has 0 amide bonds. The van der Waals surface area contributed by atoms with Gasteiger partial charge in [-0.05, 0) is 49.9 Å². The topological polar surface area (TPSA) is 44.8 Å². The summed E-state index contributed by atoms with van der Waals surface area (Å²) >= 11 is 0. The van der Waals surface area contributed by atoms with Gasteiger partial charge in [0.2, 0.25) is 0 Å². The van der Waals surface area contributed by atoms with Gasteiger partial charge in [-0.3, -0.25) is 4.79 Å². The minimum Gasteiger partial charge on any atom is -0.413 e. The Morgan fingerprint density at radius 3 is 2.50 bits per heavy atom. The summed E-state index contributed by atoms with van der Waals surface area (Å²) < 4.78 is 18.7. The van der Waals surface area contributed by atoms with Crippen LogP contribution >= 0.6 is 0 Å². The molecule has 2 fully saturated rings. The van der Waals surface area contributed by atoms with Gasteiger partial charge >= 0.3 is 0 Å². The summed E-state index contributed by atoms with van der Waals surface area (Å²) in [7, 11) is -1.88. The minimum absolute atomic E-state index is 0.107. The second-order valence-corrected chi connectivity index (χ2v) is 14.7. The van der Waals surface area contributed by atoms with Gasteiger partial charge < -0.3 is 13.9 Å². The van der Waals surface area contributed by atoms with Crippen molar-refractivity contribution in [2.75, 3.05) is 6.61 Å². The number of carbonyl (C=O) groups is 1. The van der Waals surface area contributed by atoms with Crippen LogP contribution in [0, 0.1) is 11.8 Å². The molecule has 2 rings (SSSR count). The molecular formula is C23H42O4Si. The van der Waals surface area contributed by atoms with Crippen LogP contribution in [0.5, 0.6) is 0 Å². The maximum atomic E-state index is 12.3. The van der Waals surface area contributed by atoms with Gasteiger partial charge in [0.15, 0.2) is 20.4 Å². The zero-order valence-electron chi connectivity index (χ0n) is 19.1. The molecule has 1 aliphatic carbocycles. The number of ketones is 1. The molecule has 0 aromatic heterocycles. The van der Waals surface area contributed by atoms with Crippen LogP contribution in [0.1, 0.15) is 73.1 Å². The zero-order chi connectivity index (χ0) is 20.9. The molecule has 0 N–H and O–H groups in total. The summed E-state index contributed by atoms with van der Waals surface area (Å²) in [4.78, 5) is 12.3. The SMILES string of the molecule is CCCCCC(=O)/C=C/[C@@H]1[C@H]2CC(OCC)O[C@H]2C[C@H]1O[Si](C)(C)C(C)(C)C. The summed E-state index contributed by atoms with van der Waals surface area (Å²) in [6.07, 6.45) is 9.85. The third kappa shape index (κ3) is 6.01. The minimum atomic E-state index is -1.88. The van der Waals surface area contributed by atoms with Crippen molar-refractivity contribution >= 4 is 14.1 Å². The first-order valence-electron chi connectivity index (χ1n) is 11.2. The molecule has 162 valence electrons. The van der Waals surface area contributed by atoms with Gasteiger partial charge in [-0.15, -0.1) is 0 Å². The molecule has 28 heavy (non-hydrogen) atoms. The van der Waals surface area contributed by atoms with E-state index in [1.165, 1.54) is 0 Å². The molecule has 1 heterocycles. The largest absolute Gasteiger partial charge is 0.413 e. The fourth-order valence-corrected chi connectivity index (χ4v) is 5.48. The Kier molecular flexibility index (Phi) is 8.50. The van der Waals surface area contributed by atoms with Crippen LogP contribution in [0.25, 0.3) is 0 Å². The third-order valence-electron chi connectivity index (χ3n) is 6.79. The Labute approximate surface area is 173 Å². The molecule has 0 bridgehead atoms. The molecule has 1 saturated heterocycles. The van der Waals surface area contributed by atoms with Gasteiger partial charge in [-0.25, -0.2) is 0 Å². The smallest absolute Gasteiger partial charge is 0.192 e. The van der Waals surface area contributed by atoms with E-state index in [1.54, 1.807) is 0 Å². The van der Waals surface area contributed by atoms with E-state index < -0.39 is 8.32 Å². The lowest BCUT2D eigenvalue weighted by Crippen LogP contribution is -2.45. The maximum Gasteiger partial charge on any atom is 0.192 e. The lowest BCUT2D eigenvalue weighted by atomic mass is 9.91. The Morgan fingerprint density at radius 2 is 1.89 bits per heavy atom. The Hall–Kier alpha value is -0.493. The predicted octanol–water partition coefficient (Wildman–Crippen LogP) is 5.87. The van der Waals surface area contributed by atoms with Gasteiger partial charge in [0.25, 0.3) is 0 Å². The normalized spacial score (nSPS) is 30.9. The molecule has 1 aliphatic heterocycles. The second kappa shape index (κ2) is 10.0. The number of rotatable bonds is 10. The van der Waals surface area contributed by atoms with E-state index in [9.17, 15) is 4.79 Å². The highest BCUT2D eigenvalue weighted by atomic mass is 28.4. The average molecular weight is 411 g/mol. The van der Waals surface area contributed by atoms with Crippen LogP contribution in [0.3, 0.4) is 0 Å². The first-order chi connectivity index (χ1) is 13.1. The summed E-state index contributed by atoms with van der Waals surface area (Å²) in [6, 6.07) is 0. The van der Waals surface area contributed by atoms with E-state index in [-0.39, 0.29) is 35.2 Å². The van der Waals surface area contributed by atoms with E-state index in [1.807, 2.05) is 13.0 Å². The number of fused-ring (bicyclic) bond motifs is 1. The summed E-state index contributed by atoms with van der Waals surface area (Å²) in [5.41, 5.74) is 0. The highest BCUT2D eigenvalue weighted by Gasteiger charge is 2.52. The molecular weight excluding hydrogens is 368 g/mol. The third-order valence-corrected chi connectivity index (χ3v) is 11.3. The van der Waals surface area contributed by atoms with Crippen molar-refractivity contribution in [3.8, 4) is 0 Å². The number of hydrogen-bond acceptors (Lipinski definition) is 4. The molecule has 1 saturated carbocycles. The first kappa shape index (κ1) is 23.8. The van der Waals surface area contributed by atoms with E-state index in [2.05, 4.69) is 46.9 Å². The standard InChI is InChI=1S/C23H42O4Si/c1-8-10-11-12-17(24)13-14-18-19-15-22(25-9-2)26-20(19)16-21(18)27-28(6,7)23(3,4)5/h13-14,18-22H,8-12,15-16H2,1-7H3/b14-13+/t18-,19-,20+,21-,22?/m1/s1. The molecule has 0 spiro atoms. The molecule has 0 aromatic carbocycles. The van der Waals surface area contributed by atoms with Crippen molar-refractivity contribution in [2.24, 2.45) is 11.8 Å². The van der Waals surface area contributed by atoms with Crippen molar-refractivity contribution in [1.29, 1.82) is 0 Å². The van der Waals surface area contributed by atoms with Crippen LogP contribution in [0.4, 0.5) is 0 Å². The first-order valence-corrected chi connectivity index (χ1v) is 14.2. The molecule has 2 aliphatic rings. The summed E-state index contributed by atoms with van der Waals surface area (Å²) in [5.74, 6) is 0.856. The van der Waals surface area contributed by atoms with Crippen LogP contribution in [0.15, 0.2) is 12.2 Å². The van der Waals surface area contributed by atoms with Crippen LogP contribution in [-0.4, -0.2) is 39.2 Å². The predicted molar refractivity (Wildman–Crippen MR) is 117 cm³/mol. The number of ether oxygens (including phenoxy) is 2. The van der Waals surface area contributed by atoms with Crippen LogP contribution in [0.2, 0.25) is 18.1 Å². The Morgan fingerprint density at radius 1 is 1.18 bits per heavy atom. The zero-order valence-corrected chi connectivity index (χ0v) is 20.1. The van der Waals surface area contributed by atoms with Gasteiger partial charge in [0.05, 0.1) is 12.2 Å². The van der Waals surface area contributed by atoms with Crippen molar-refractivity contribution in [3.63, 3.8) is 0 Å². The molecule has 1 unspecified atom stereocenters. The van der Waals surface area contributed by atoms with Crippen molar-refractivity contribution < 1.29 is 18.7 Å². The lowest BCUT2D eigenvalue weighted by Gasteiger charge is -2.40. The second-order valence-electron chi connectivity index (χ2n) is 9.97. The van der Waals surface area contributed by atoms with Gasteiger partial charge in [-0.2, -0.15) is 0 Å². The number of carbonyl (C=O) groups excluding carboxylic acids is 1. The summed E-state index contributed by atoms with van der Waals surface area (Å²) in [6.45, 7) is 16.3. The van der Waals surface area contributed by atoms with Crippen LogP contribution in [-0.2, 0) is 18.7 Å². The highest BCUT2D eigenvalue weighted by molar-refractivity contribution is 6.74.